The summed E-state index contributed by atoms with van der Waals surface area (Å²) in [5.74, 6) is -1.31. The fourth-order valence-electron chi connectivity index (χ4n) is 5.24. The summed E-state index contributed by atoms with van der Waals surface area (Å²) >= 11 is 0. The first-order valence-corrected chi connectivity index (χ1v) is 13.3. The zero-order valence-corrected chi connectivity index (χ0v) is 22.7. The van der Waals surface area contributed by atoms with Crippen LogP contribution in [0.2, 0.25) is 0 Å². The molecular formula is C29H29F2N7O3. The molecule has 4 aromatic rings. The number of carbonyl (C=O) groups excluding carboxylic acids is 1. The van der Waals surface area contributed by atoms with Gasteiger partial charge in [-0.1, -0.05) is 0 Å². The van der Waals surface area contributed by atoms with Gasteiger partial charge in [-0.2, -0.15) is 5.10 Å². The van der Waals surface area contributed by atoms with E-state index in [4.69, 9.17) is 10.5 Å². The van der Waals surface area contributed by atoms with Crippen molar-refractivity contribution in [2.75, 3.05) is 13.1 Å². The van der Waals surface area contributed by atoms with E-state index in [9.17, 15) is 18.7 Å². The first-order valence-electron chi connectivity index (χ1n) is 13.3. The van der Waals surface area contributed by atoms with E-state index in [2.05, 4.69) is 20.1 Å². The van der Waals surface area contributed by atoms with Crippen molar-refractivity contribution in [1.29, 1.82) is 0 Å². The summed E-state index contributed by atoms with van der Waals surface area (Å²) in [7, 11) is 0. The molecule has 0 bridgehead atoms. The zero-order valence-electron chi connectivity index (χ0n) is 22.7. The molecule has 2 aliphatic rings. The maximum atomic E-state index is 13.9. The first kappa shape index (κ1) is 26.9. The average Bonchev–Trinajstić information content (AvgIpc) is 3.29. The molecule has 0 spiro atoms. The summed E-state index contributed by atoms with van der Waals surface area (Å²) in [4.78, 5) is 28.1. The van der Waals surface area contributed by atoms with Crippen LogP contribution in [0.1, 0.15) is 48.5 Å². The van der Waals surface area contributed by atoms with E-state index in [1.165, 1.54) is 10.7 Å². The molecule has 1 saturated carbocycles. The van der Waals surface area contributed by atoms with E-state index in [1.807, 2.05) is 13.8 Å². The van der Waals surface area contributed by atoms with E-state index in [-0.39, 0.29) is 29.5 Å². The molecule has 1 aliphatic carbocycles. The van der Waals surface area contributed by atoms with Crippen molar-refractivity contribution in [3.8, 4) is 23.1 Å². The van der Waals surface area contributed by atoms with E-state index >= 15 is 0 Å². The van der Waals surface area contributed by atoms with Gasteiger partial charge < -0.3 is 20.5 Å². The highest BCUT2D eigenvalue weighted by molar-refractivity contribution is 5.95. The van der Waals surface area contributed by atoms with Crippen LogP contribution < -0.4 is 10.5 Å². The van der Waals surface area contributed by atoms with Gasteiger partial charge in [-0.3, -0.25) is 4.79 Å². The van der Waals surface area contributed by atoms with Gasteiger partial charge in [0.15, 0.2) is 11.6 Å². The maximum absolute atomic E-state index is 13.9. The van der Waals surface area contributed by atoms with E-state index in [0.29, 0.717) is 41.7 Å². The number of benzene rings is 1. The fraction of sp³-hybridized carbons (Fsp3) is 0.345. The number of ether oxygens (including phenoxy) is 1. The third kappa shape index (κ3) is 5.16. The molecule has 1 aromatic carbocycles. The Hall–Kier alpha value is -4.29. The number of hydrogen-bond donors (Lipinski definition) is 2. The molecule has 3 N–H and O–H groups in total. The van der Waals surface area contributed by atoms with Crippen molar-refractivity contribution in [1.82, 2.24) is 29.6 Å². The topological polar surface area (TPSA) is 132 Å². The smallest absolute Gasteiger partial charge is 0.257 e. The van der Waals surface area contributed by atoms with Crippen LogP contribution >= 0.6 is 0 Å². The van der Waals surface area contributed by atoms with Crippen LogP contribution in [0.25, 0.3) is 17.2 Å². The lowest BCUT2D eigenvalue weighted by molar-refractivity contribution is 0.0745. The molecule has 4 heterocycles. The number of carbonyl (C=O) groups is 1. The van der Waals surface area contributed by atoms with Crippen molar-refractivity contribution >= 4 is 5.91 Å². The summed E-state index contributed by atoms with van der Waals surface area (Å²) in [6.07, 6.45) is 3.57. The Morgan fingerprint density at radius 1 is 1.12 bits per heavy atom. The Balaban J connectivity index is 1.18. The van der Waals surface area contributed by atoms with Crippen LogP contribution in [-0.2, 0) is 5.54 Å². The van der Waals surface area contributed by atoms with Gasteiger partial charge >= 0.3 is 0 Å². The molecule has 10 nitrogen and oxygen atoms in total. The summed E-state index contributed by atoms with van der Waals surface area (Å²) in [6, 6.07) is 8.79. The third-order valence-corrected chi connectivity index (χ3v) is 7.55. The zero-order chi connectivity index (χ0) is 29.1. The molecule has 3 aromatic heterocycles. The molecule has 2 fully saturated rings. The Morgan fingerprint density at radius 2 is 1.83 bits per heavy atom. The normalized spacial score (nSPS) is 20.6. The van der Waals surface area contributed by atoms with Gasteiger partial charge in [0, 0.05) is 60.7 Å². The molecule has 41 heavy (non-hydrogen) atoms. The number of piperidine rings is 1. The van der Waals surface area contributed by atoms with Gasteiger partial charge in [0.05, 0.1) is 17.4 Å². The Morgan fingerprint density at radius 3 is 2.46 bits per heavy atom. The number of amides is 1. The second-order valence-electron chi connectivity index (χ2n) is 11.1. The minimum absolute atomic E-state index is 0.101. The quantitative estimate of drug-likeness (QED) is 0.351. The Bertz CT molecular complexity index is 1610. The molecule has 1 aliphatic heterocycles. The second-order valence-corrected chi connectivity index (χ2v) is 11.1. The van der Waals surface area contributed by atoms with Crippen LogP contribution in [0.15, 0.2) is 55.0 Å². The second kappa shape index (κ2) is 9.96. The summed E-state index contributed by atoms with van der Waals surface area (Å²) in [5, 5.41) is 14.6. The molecule has 6 rings (SSSR count). The van der Waals surface area contributed by atoms with Gasteiger partial charge in [0.25, 0.3) is 5.91 Å². The lowest BCUT2D eigenvalue weighted by Gasteiger charge is -2.22. The number of rotatable bonds is 7. The Labute approximate surface area is 234 Å². The SMILES string of the molecule is CC(O)c1nn(-c2ncccn2)cc1C(=O)N1CC2C(Oc3cc(C(C)(C)N)cc(-c4ccc(F)c(F)c4)n3)[C@@H]2C1. The van der Waals surface area contributed by atoms with E-state index in [1.54, 1.807) is 48.6 Å². The summed E-state index contributed by atoms with van der Waals surface area (Å²) in [6.45, 7) is 6.17. The van der Waals surface area contributed by atoms with Crippen molar-refractivity contribution in [3.63, 3.8) is 0 Å². The highest BCUT2D eigenvalue weighted by Gasteiger charge is 2.59. The predicted octanol–water partition coefficient (Wildman–Crippen LogP) is 3.40. The third-order valence-electron chi connectivity index (χ3n) is 7.55. The molecule has 1 saturated heterocycles. The minimum atomic E-state index is -0.966. The largest absolute Gasteiger partial charge is 0.474 e. The van der Waals surface area contributed by atoms with Crippen molar-refractivity contribution < 1.29 is 23.4 Å². The highest BCUT2D eigenvalue weighted by Crippen LogP contribution is 2.48. The molecule has 1 amide bonds. The van der Waals surface area contributed by atoms with Crippen molar-refractivity contribution in [2.24, 2.45) is 17.6 Å². The number of aliphatic hydroxyl groups excluding tert-OH is 1. The highest BCUT2D eigenvalue weighted by atomic mass is 19.2. The first-order chi connectivity index (χ1) is 19.5. The molecule has 212 valence electrons. The van der Waals surface area contributed by atoms with Crippen LogP contribution in [0.3, 0.4) is 0 Å². The van der Waals surface area contributed by atoms with Crippen molar-refractivity contribution in [3.05, 3.63) is 83.4 Å². The lowest BCUT2D eigenvalue weighted by Crippen LogP contribution is -2.34. The number of fused-ring (bicyclic) bond motifs is 1. The van der Waals surface area contributed by atoms with Gasteiger partial charge in [-0.25, -0.2) is 28.4 Å². The Kier molecular flexibility index (Phi) is 6.54. The molecule has 12 heteroatoms. The maximum Gasteiger partial charge on any atom is 0.257 e. The number of halogens is 2. The van der Waals surface area contributed by atoms with E-state index in [0.717, 1.165) is 17.7 Å². The number of hydrogen-bond acceptors (Lipinski definition) is 8. The number of nitrogens with two attached hydrogens (primary N) is 1. The molecule has 4 atom stereocenters. The fourth-order valence-corrected chi connectivity index (χ4v) is 5.24. The minimum Gasteiger partial charge on any atom is -0.474 e. The predicted molar refractivity (Wildman–Crippen MR) is 144 cm³/mol. The number of aromatic nitrogens is 5. The van der Waals surface area contributed by atoms with Gasteiger partial charge in [0.2, 0.25) is 11.8 Å². The van der Waals surface area contributed by atoms with E-state index < -0.39 is 23.3 Å². The lowest BCUT2D eigenvalue weighted by atomic mass is 9.95. The molecule has 3 unspecified atom stereocenters. The summed E-state index contributed by atoms with van der Waals surface area (Å²) < 4.78 is 35.1. The monoisotopic (exact) mass is 561 g/mol. The standard InChI is InChI=1S/C29H29F2N7O3/c1-15(39)25-20(14-38(36-25)28-33-7-4-8-34-28)27(40)37-12-18-19(13-37)26(18)41-24-11-17(29(2,3)32)10-23(35-24)16-5-6-21(30)22(31)9-16/h4-11,14-15,18-19,26,39H,12-13,32H2,1-3H3/t15?,18-,19?,26?/m1/s1. The number of aliphatic hydroxyl groups is 1. The van der Waals surface area contributed by atoms with Crippen LogP contribution in [0, 0.1) is 23.5 Å². The molecular weight excluding hydrogens is 532 g/mol. The summed E-state index contributed by atoms with van der Waals surface area (Å²) in [5.41, 5.74) is 7.73. The van der Waals surface area contributed by atoms with Gasteiger partial charge in [-0.15, -0.1) is 0 Å². The number of nitrogens with zero attached hydrogens (tertiary/aromatic N) is 6. The van der Waals surface area contributed by atoms with Gasteiger partial charge in [0.1, 0.15) is 11.8 Å². The number of pyridine rings is 1. The molecule has 0 radical (unpaired) electrons. The number of likely N-dealkylation sites (tertiary alicyclic amines) is 1. The van der Waals surface area contributed by atoms with Crippen LogP contribution in [0.5, 0.6) is 5.88 Å². The van der Waals surface area contributed by atoms with Crippen LogP contribution in [-0.4, -0.2) is 59.8 Å². The van der Waals surface area contributed by atoms with Crippen LogP contribution in [0.4, 0.5) is 8.78 Å². The average molecular weight is 562 g/mol. The van der Waals surface area contributed by atoms with Gasteiger partial charge in [-0.05, 0) is 56.7 Å². The van der Waals surface area contributed by atoms with Crippen molar-refractivity contribution in [2.45, 2.75) is 38.5 Å².